The maximum absolute atomic E-state index is 11.8. The predicted octanol–water partition coefficient (Wildman–Crippen LogP) is -5.65. The summed E-state index contributed by atoms with van der Waals surface area (Å²) in [5.41, 5.74) is 0. The van der Waals surface area contributed by atoms with Gasteiger partial charge in [-0.3, -0.25) is 19.2 Å². The van der Waals surface area contributed by atoms with Crippen LogP contribution in [0.2, 0.25) is 0 Å². The molecule has 0 bridgehead atoms. The molecule has 4 rings (SSSR count). The summed E-state index contributed by atoms with van der Waals surface area (Å²) in [4.78, 5) is 46.1. The number of methoxy groups -OCH3 is 1. The summed E-state index contributed by atoms with van der Waals surface area (Å²) in [7, 11) is 1.30. The second kappa shape index (κ2) is 22.0. The quantitative estimate of drug-likeness (QED) is 0.0311. The van der Waals surface area contributed by atoms with Gasteiger partial charge in [-0.05, 0) is 33.6 Å². The molecule has 3 amide bonds. The average Bonchev–Trinajstić information content (AvgIpc) is 3.18. The van der Waals surface area contributed by atoms with Crippen LogP contribution >= 0.6 is 0 Å². The lowest BCUT2D eigenvalue weighted by Gasteiger charge is -2.50. The fourth-order valence-corrected chi connectivity index (χ4v) is 7.28. The van der Waals surface area contributed by atoms with Gasteiger partial charge in [0.1, 0.15) is 61.0 Å². The Kier molecular flexibility index (Phi) is 18.2. The Morgan fingerprint density at radius 2 is 1.07 bits per heavy atom. The van der Waals surface area contributed by atoms with E-state index in [0.29, 0.717) is 38.5 Å². The molecular formula is C34H57N3O20. The van der Waals surface area contributed by atoms with Gasteiger partial charge in [0.05, 0.1) is 50.2 Å². The molecule has 0 radical (unpaired) electrons. The van der Waals surface area contributed by atoms with E-state index in [9.17, 15) is 54.9 Å². The van der Waals surface area contributed by atoms with E-state index in [-0.39, 0.29) is 19.0 Å². The maximum atomic E-state index is 11.8. The molecule has 23 heteroatoms. The zero-order valence-electron chi connectivity index (χ0n) is 32.0. The number of ether oxygens (including phenoxy) is 9. The number of carbonyl (C=O) groups is 4. The first-order valence-corrected chi connectivity index (χ1v) is 18.8. The number of hydrogen-bond acceptors (Lipinski definition) is 20. The summed E-state index contributed by atoms with van der Waals surface area (Å²) in [6.45, 7) is 3.91. The van der Waals surface area contributed by atoms with Crippen molar-refractivity contribution in [2.24, 2.45) is 0 Å². The van der Waals surface area contributed by atoms with Crippen LogP contribution in [0.15, 0.2) is 0 Å². The Hall–Kier alpha value is -2.72. The third-order valence-electron chi connectivity index (χ3n) is 10.5. The monoisotopic (exact) mass is 827 g/mol. The number of aliphatic hydroxyl groups is 7. The zero-order valence-corrected chi connectivity index (χ0v) is 32.0. The molecule has 4 aliphatic rings. The molecule has 57 heavy (non-hydrogen) atoms. The van der Waals surface area contributed by atoms with E-state index in [2.05, 4.69) is 20.7 Å². The molecular weight excluding hydrogens is 770 g/mol. The molecule has 0 spiro atoms. The molecule has 10 N–H and O–H groups in total. The van der Waals surface area contributed by atoms with Crippen LogP contribution in [-0.2, 0) is 61.8 Å². The number of amides is 3. The highest BCUT2D eigenvalue weighted by molar-refractivity contribution is 5.68. The first-order chi connectivity index (χ1) is 27.2. The van der Waals surface area contributed by atoms with Crippen molar-refractivity contribution in [1.82, 2.24) is 16.0 Å². The van der Waals surface area contributed by atoms with Gasteiger partial charge in [-0.25, -0.2) is 0 Å². The molecule has 4 heterocycles. The molecule has 0 saturated carbocycles. The van der Waals surface area contributed by atoms with Crippen molar-refractivity contribution < 1.29 is 97.6 Å². The number of hydrogen-bond donors (Lipinski definition) is 10. The smallest absolute Gasteiger partial charge is 0.305 e. The van der Waals surface area contributed by atoms with Crippen LogP contribution in [0.3, 0.4) is 0 Å². The van der Waals surface area contributed by atoms with Gasteiger partial charge in [-0.15, -0.1) is 0 Å². The largest absolute Gasteiger partial charge is 0.469 e. The average molecular weight is 828 g/mol. The van der Waals surface area contributed by atoms with Crippen LogP contribution < -0.4 is 16.0 Å². The molecule has 328 valence electrons. The number of unbranched alkanes of at least 4 members (excludes halogenated alkanes) is 2. The highest BCUT2D eigenvalue weighted by Crippen LogP contribution is 2.35. The minimum Gasteiger partial charge on any atom is -0.469 e. The van der Waals surface area contributed by atoms with Gasteiger partial charge in [0, 0.05) is 13.0 Å². The van der Waals surface area contributed by atoms with E-state index in [1.54, 1.807) is 6.92 Å². The standard InChI is InChI=1S/C34H57N3O20/c1-14-19(35-11-39)23(44)29(33(52-14)50-9-7-5-6-8-18(42)49-4)56-32-27(48)28(21(37-13-41)16(3)51-32)55-34-30(24(45)20(36-12-40)15(2)53-34)57-31-26(47)25(46)22(43)17(10-38)54-31/h11-17,19-34,38,43-48H,5-10H2,1-4H3,(H,35,39)(H,36,40)(H,37,41)/t14-,15-,16-,17-,19-,20-,21-,22-,23+,24+,25+,26+,27+,28+,29+,30+,31-,32-,33+,34-/m1/s1. The van der Waals surface area contributed by atoms with Crippen molar-refractivity contribution in [3.8, 4) is 0 Å². The lowest BCUT2D eigenvalue weighted by Crippen LogP contribution is -2.69. The molecule has 4 aliphatic heterocycles. The molecule has 4 saturated heterocycles. The topological polar surface area (TPSA) is 329 Å². The lowest BCUT2D eigenvalue weighted by molar-refractivity contribution is -0.381. The minimum absolute atomic E-state index is 0.105. The third kappa shape index (κ3) is 11.3. The van der Waals surface area contributed by atoms with Gasteiger partial charge >= 0.3 is 5.97 Å². The van der Waals surface area contributed by atoms with Crippen LogP contribution in [0, 0.1) is 0 Å². The molecule has 0 aromatic rings. The first kappa shape index (κ1) is 47.0. The molecule has 0 aromatic heterocycles. The summed E-state index contributed by atoms with van der Waals surface area (Å²) in [5, 5.41) is 83.1. The van der Waals surface area contributed by atoms with Gasteiger partial charge in [0.15, 0.2) is 25.2 Å². The summed E-state index contributed by atoms with van der Waals surface area (Å²) < 4.78 is 52.3. The molecule has 0 unspecified atom stereocenters. The van der Waals surface area contributed by atoms with Crippen LogP contribution in [0.1, 0.15) is 46.5 Å². The highest BCUT2D eigenvalue weighted by atomic mass is 16.8. The summed E-state index contributed by atoms with van der Waals surface area (Å²) >= 11 is 0. The summed E-state index contributed by atoms with van der Waals surface area (Å²) in [6.07, 6.45) is -22.8. The molecule has 20 atom stereocenters. The van der Waals surface area contributed by atoms with E-state index < -0.39 is 129 Å². The molecule has 23 nitrogen and oxygen atoms in total. The third-order valence-corrected chi connectivity index (χ3v) is 10.5. The predicted molar refractivity (Wildman–Crippen MR) is 185 cm³/mol. The normalized spacial score (nSPS) is 43.7. The van der Waals surface area contributed by atoms with E-state index in [1.807, 2.05) is 0 Å². The fraction of sp³-hybridized carbons (Fsp3) is 0.882. The van der Waals surface area contributed by atoms with Crippen LogP contribution in [-0.4, -0.2) is 204 Å². The Balaban J connectivity index is 1.58. The summed E-state index contributed by atoms with van der Waals surface area (Å²) in [5.74, 6) is -0.351. The minimum atomic E-state index is -1.91. The highest BCUT2D eigenvalue weighted by Gasteiger charge is 2.55. The van der Waals surface area contributed by atoms with Crippen LogP contribution in [0.5, 0.6) is 0 Å². The van der Waals surface area contributed by atoms with Crippen molar-refractivity contribution in [3.05, 3.63) is 0 Å². The molecule has 0 aromatic carbocycles. The number of aliphatic hydroxyl groups excluding tert-OH is 7. The van der Waals surface area contributed by atoms with Crippen molar-refractivity contribution in [2.75, 3.05) is 20.3 Å². The van der Waals surface area contributed by atoms with Gasteiger partial charge in [0.25, 0.3) is 0 Å². The number of carbonyl (C=O) groups excluding carboxylic acids is 4. The second-order valence-corrected chi connectivity index (χ2v) is 14.3. The number of esters is 1. The Morgan fingerprint density at radius 3 is 1.63 bits per heavy atom. The Morgan fingerprint density at radius 1 is 0.579 bits per heavy atom. The van der Waals surface area contributed by atoms with E-state index in [4.69, 9.17) is 37.9 Å². The van der Waals surface area contributed by atoms with Crippen molar-refractivity contribution in [1.29, 1.82) is 0 Å². The second-order valence-electron chi connectivity index (χ2n) is 14.3. The van der Waals surface area contributed by atoms with Gasteiger partial charge in [0.2, 0.25) is 19.2 Å². The maximum Gasteiger partial charge on any atom is 0.305 e. The van der Waals surface area contributed by atoms with E-state index >= 15 is 0 Å². The van der Waals surface area contributed by atoms with Crippen molar-refractivity contribution >= 4 is 25.2 Å². The lowest BCUT2D eigenvalue weighted by atomic mass is 9.94. The SMILES string of the molecule is COC(=O)CCCCCO[C@H]1O[C@H](C)[C@@H](NC=O)[C@H](O)[C@@H]1O[C@H]1O[C@H](C)[C@@H](NC=O)[C@H](O[C@H]2O[C@H](C)[C@@H](NC=O)[C@H](O)[C@@H]2O[C@H]2O[C@H](CO)[C@@H](O)[C@H](O)[C@@H]2O)[C@@H]1O. The van der Waals surface area contributed by atoms with E-state index in [0.717, 1.165) is 0 Å². The van der Waals surface area contributed by atoms with Gasteiger partial charge in [-0.1, -0.05) is 6.42 Å². The Labute approximate surface area is 328 Å². The zero-order chi connectivity index (χ0) is 42.0. The van der Waals surface area contributed by atoms with Crippen molar-refractivity contribution in [2.45, 2.75) is 169 Å². The molecule has 4 fully saturated rings. The number of rotatable bonds is 20. The van der Waals surface area contributed by atoms with Gasteiger partial charge in [-0.2, -0.15) is 0 Å². The fourth-order valence-electron chi connectivity index (χ4n) is 7.28. The summed E-state index contributed by atoms with van der Waals surface area (Å²) in [6, 6.07) is -3.27. The first-order valence-electron chi connectivity index (χ1n) is 18.8. The van der Waals surface area contributed by atoms with Crippen LogP contribution in [0.25, 0.3) is 0 Å². The van der Waals surface area contributed by atoms with Gasteiger partial charge < -0.3 is 94.3 Å². The number of nitrogens with one attached hydrogen (secondary N) is 3. The van der Waals surface area contributed by atoms with Crippen molar-refractivity contribution in [3.63, 3.8) is 0 Å². The Bertz CT molecular complexity index is 1270. The van der Waals surface area contributed by atoms with Crippen LogP contribution in [0.4, 0.5) is 0 Å². The molecule has 0 aliphatic carbocycles. The van der Waals surface area contributed by atoms with E-state index in [1.165, 1.54) is 21.0 Å².